The van der Waals surface area contributed by atoms with Crippen molar-refractivity contribution in [2.75, 3.05) is 13.7 Å². The number of aromatic nitrogens is 1. The Morgan fingerprint density at radius 1 is 1.41 bits per heavy atom. The van der Waals surface area contributed by atoms with Crippen molar-refractivity contribution >= 4 is 17.5 Å². The SMILES string of the molecule is CCOc1cc(Cl)ccc1C(=O)N(C)Cc1c(C)noc1C. The first-order valence-corrected chi connectivity index (χ1v) is 7.41. The predicted molar refractivity (Wildman–Crippen MR) is 84.4 cm³/mol. The highest BCUT2D eigenvalue weighted by Crippen LogP contribution is 2.25. The Kier molecular flexibility index (Phi) is 5.08. The highest BCUT2D eigenvalue weighted by molar-refractivity contribution is 6.30. The number of carbonyl (C=O) groups is 1. The minimum Gasteiger partial charge on any atom is -0.493 e. The summed E-state index contributed by atoms with van der Waals surface area (Å²) >= 11 is 5.97. The summed E-state index contributed by atoms with van der Waals surface area (Å²) in [5.74, 6) is 1.07. The molecular weight excluding hydrogens is 304 g/mol. The average Bonchev–Trinajstić information content (AvgIpc) is 2.79. The number of hydrogen-bond acceptors (Lipinski definition) is 4. The fraction of sp³-hybridized carbons (Fsp3) is 0.375. The van der Waals surface area contributed by atoms with E-state index in [0.717, 1.165) is 17.0 Å². The number of nitrogens with zero attached hydrogens (tertiary/aromatic N) is 2. The fourth-order valence-corrected chi connectivity index (χ4v) is 2.35. The van der Waals surface area contributed by atoms with Gasteiger partial charge in [-0.15, -0.1) is 0 Å². The molecule has 118 valence electrons. The number of ether oxygens (including phenoxy) is 1. The van der Waals surface area contributed by atoms with Crippen LogP contribution in [-0.4, -0.2) is 29.6 Å². The molecule has 0 saturated carbocycles. The molecule has 0 fully saturated rings. The number of rotatable bonds is 5. The van der Waals surface area contributed by atoms with Gasteiger partial charge in [0.2, 0.25) is 0 Å². The lowest BCUT2D eigenvalue weighted by Gasteiger charge is -2.19. The number of carbonyl (C=O) groups excluding carboxylic acids is 1. The number of amides is 1. The molecule has 0 aliphatic heterocycles. The maximum atomic E-state index is 12.7. The number of aryl methyl sites for hydroxylation is 2. The summed E-state index contributed by atoms with van der Waals surface area (Å²) in [7, 11) is 1.73. The summed E-state index contributed by atoms with van der Waals surface area (Å²) in [5, 5.41) is 4.44. The van der Waals surface area contributed by atoms with Gasteiger partial charge in [0.05, 0.1) is 24.4 Å². The Hall–Kier alpha value is -2.01. The molecule has 0 saturated heterocycles. The van der Waals surface area contributed by atoms with Crippen LogP contribution in [0.2, 0.25) is 5.02 Å². The molecule has 2 rings (SSSR count). The smallest absolute Gasteiger partial charge is 0.257 e. The van der Waals surface area contributed by atoms with Gasteiger partial charge in [-0.2, -0.15) is 0 Å². The number of halogens is 1. The topological polar surface area (TPSA) is 55.6 Å². The molecule has 0 radical (unpaired) electrons. The second-order valence-corrected chi connectivity index (χ2v) is 5.47. The third kappa shape index (κ3) is 3.42. The van der Waals surface area contributed by atoms with Crippen LogP contribution < -0.4 is 4.74 Å². The monoisotopic (exact) mass is 322 g/mol. The summed E-state index contributed by atoms with van der Waals surface area (Å²) < 4.78 is 10.6. The minimum atomic E-state index is -0.139. The molecule has 6 heteroatoms. The van der Waals surface area contributed by atoms with E-state index in [9.17, 15) is 4.79 Å². The molecular formula is C16H19ClN2O3. The van der Waals surface area contributed by atoms with E-state index in [1.807, 2.05) is 20.8 Å². The summed E-state index contributed by atoms with van der Waals surface area (Å²) in [4.78, 5) is 14.3. The first-order valence-electron chi connectivity index (χ1n) is 7.03. The Balaban J connectivity index is 2.24. The average molecular weight is 323 g/mol. The Morgan fingerprint density at radius 3 is 2.73 bits per heavy atom. The molecule has 1 amide bonds. The normalized spacial score (nSPS) is 10.6. The molecule has 2 aromatic rings. The molecule has 22 heavy (non-hydrogen) atoms. The van der Waals surface area contributed by atoms with Gasteiger partial charge in [0.25, 0.3) is 5.91 Å². The zero-order valence-electron chi connectivity index (χ0n) is 13.1. The van der Waals surface area contributed by atoms with Crippen LogP contribution in [0.1, 0.15) is 34.3 Å². The summed E-state index contributed by atoms with van der Waals surface area (Å²) in [5.41, 5.74) is 2.20. The van der Waals surface area contributed by atoms with Crippen LogP contribution in [0.15, 0.2) is 22.7 Å². The number of benzene rings is 1. The van der Waals surface area contributed by atoms with Crippen LogP contribution in [0.5, 0.6) is 5.75 Å². The highest BCUT2D eigenvalue weighted by Gasteiger charge is 2.20. The van der Waals surface area contributed by atoms with E-state index in [0.29, 0.717) is 29.5 Å². The standard InChI is InChI=1S/C16H19ClN2O3/c1-5-21-15-8-12(17)6-7-13(15)16(20)19(4)9-14-10(2)18-22-11(14)3/h6-8H,5,9H2,1-4H3. The van der Waals surface area contributed by atoms with Gasteiger partial charge in [0, 0.05) is 17.6 Å². The Bertz CT molecular complexity index is 663. The Morgan fingerprint density at radius 2 is 2.14 bits per heavy atom. The van der Waals surface area contributed by atoms with Gasteiger partial charge in [0.1, 0.15) is 11.5 Å². The zero-order chi connectivity index (χ0) is 16.3. The summed E-state index contributed by atoms with van der Waals surface area (Å²) in [6.07, 6.45) is 0. The molecule has 0 bridgehead atoms. The van der Waals surface area contributed by atoms with Crippen molar-refractivity contribution in [2.45, 2.75) is 27.3 Å². The van der Waals surface area contributed by atoms with E-state index in [4.69, 9.17) is 20.9 Å². The lowest BCUT2D eigenvalue weighted by atomic mass is 10.1. The van der Waals surface area contributed by atoms with Gasteiger partial charge in [-0.3, -0.25) is 4.79 Å². The molecule has 5 nitrogen and oxygen atoms in total. The first kappa shape index (κ1) is 16.4. The quantitative estimate of drug-likeness (QED) is 0.843. The van der Waals surface area contributed by atoms with Crippen molar-refractivity contribution in [1.29, 1.82) is 0 Å². The molecule has 0 N–H and O–H groups in total. The maximum Gasteiger partial charge on any atom is 0.257 e. The van der Waals surface area contributed by atoms with Crippen molar-refractivity contribution in [2.24, 2.45) is 0 Å². The Labute approximate surface area is 134 Å². The zero-order valence-corrected chi connectivity index (χ0v) is 13.9. The lowest BCUT2D eigenvalue weighted by Crippen LogP contribution is -2.27. The van der Waals surface area contributed by atoms with E-state index < -0.39 is 0 Å². The lowest BCUT2D eigenvalue weighted by molar-refractivity contribution is 0.0780. The van der Waals surface area contributed by atoms with Gasteiger partial charge < -0.3 is 14.2 Å². The third-order valence-corrected chi connectivity index (χ3v) is 3.63. The second-order valence-electron chi connectivity index (χ2n) is 5.04. The van der Waals surface area contributed by atoms with E-state index in [2.05, 4.69) is 5.16 Å². The van der Waals surface area contributed by atoms with Crippen LogP contribution in [0.4, 0.5) is 0 Å². The third-order valence-electron chi connectivity index (χ3n) is 3.40. The fourth-order valence-electron chi connectivity index (χ4n) is 2.19. The number of hydrogen-bond donors (Lipinski definition) is 0. The summed E-state index contributed by atoms with van der Waals surface area (Å²) in [6.45, 7) is 6.45. The second kappa shape index (κ2) is 6.83. The van der Waals surface area contributed by atoms with Gasteiger partial charge in [-0.1, -0.05) is 16.8 Å². The van der Waals surface area contributed by atoms with Crippen molar-refractivity contribution in [3.8, 4) is 5.75 Å². The first-order chi connectivity index (χ1) is 10.4. The van der Waals surface area contributed by atoms with Crippen molar-refractivity contribution in [3.05, 3.63) is 45.8 Å². The highest BCUT2D eigenvalue weighted by atomic mass is 35.5. The minimum absolute atomic E-state index is 0.139. The molecule has 0 atom stereocenters. The van der Waals surface area contributed by atoms with Gasteiger partial charge in [0.15, 0.2) is 0 Å². The van der Waals surface area contributed by atoms with E-state index in [1.165, 1.54) is 0 Å². The van der Waals surface area contributed by atoms with E-state index in [-0.39, 0.29) is 5.91 Å². The van der Waals surface area contributed by atoms with Crippen LogP contribution in [0.25, 0.3) is 0 Å². The van der Waals surface area contributed by atoms with Crippen molar-refractivity contribution < 1.29 is 14.1 Å². The molecule has 1 aromatic heterocycles. The van der Waals surface area contributed by atoms with Crippen molar-refractivity contribution in [1.82, 2.24) is 10.1 Å². The summed E-state index contributed by atoms with van der Waals surface area (Å²) in [6, 6.07) is 5.02. The predicted octanol–water partition coefficient (Wildman–Crippen LogP) is 3.62. The molecule has 0 aliphatic rings. The van der Waals surface area contributed by atoms with E-state index >= 15 is 0 Å². The van der Waals surface area contributed by atoms with Gasteiger partial charge in [-0.05, 0) is 39.0 Å². The molecule has 0 spiro atoms. The molecule has 0 unspecified atom stereocenters. The van der Waals surface area contributed by atoms with Crippen LogP contribution in [-0.2, 0) is 6.54 Å². The van der Waals surface area contributed by atoms with Crippen molar-refractivity contribution in [3.63, 3.8) is 0 Å². The molecule has 1 heterocycles. The molecule has 0 aliphatic carbocycles. The van der Waals surface area contributed by atoms with Crippen LogP contribution >= 0.6 is 11.6 Å². The van der Waals surface area contributed by atoms with Crippen LogP contribution in [0.3, 0.4) is 0 Å². The van der Waals surface area contributed by atoms with Gasteiger partial charge in [-0.25, -0.2) is 0 Å². The van der Waals surface area contributed by atoms with Gasteiger partial charge >= 0.3 is 0 Å². The largest absolute Gasteiger partial charge is 0.493 e. The van der Waals surface area contributed by atoms with E-state index in [1.54, 1.807) is 30.1 Å². The van der Waals surface area contributed by atoms with Crippen LogP contribution in [0, 0.1) is 13.8 Å². The molecule has 1 aromatic carbocycles. The maximum absolute atomic E-state index is 12.7.